The monoisotopic (exact) mass is 627 g/mol. The van der Waals surface area contributed by atoms with Gasteiger partial charge in [-0.1, -0.05) is 30.3 Å². The SMILES string of the molecule is CNC(=O)c1c(-c2ccc(F)cc2)oc2cc(N(C)S(C)(O)O)c([C@H]3CCCN(S(=O)(=O)/C=C/c4ccccc4)C3)cc12. The average molecular weight is 628 g/mol. The van der Waals surface area contributed by atoms with Crippen molar-refractivity contribution in [1.82, 2.24) is 9.62 Å². The average Bonchev–Trinajstić information content (AvgIpc) is 3.37. The van der Waals surface area contributed by atoms with Gasteiger partial charge >= 0.3 is 0 Å². The summed E-state index contributed by atoms with van der Waals surface area (Å²) >= 11 is 0. The number of benzene rings is 3. The molecule has 4 aromatic rings. The van der Waals surface area contributed by atoms with E-state index in [9.17, 15) is 26.7 Å². The minimum Gasteiger partial charge on any atom is -0.455 e. The number of amides is 1. The molecule has 1 amide bonds. The van der Waals surface area contributed by atoms with Crippen LogP contribution in [0.5, 0.6) is 0 Å². The Bertz CT molecular complexity index is 1770. The minimum absolute atomic E-state index is 0.161. The molecule has 43 heavy (non-hydrogen) atoms. The molecule has 3 N–H and O–H groups in total. The summed E-state index contributed by atoms with van der Waals surface area (Å²) in [5.41, 5.74) is 2.92. The van der Waals surface area contributed by atoms with Crippen LogP contribution < -0.4 is 9.62 Å². The Morgan fingerprint density at radius 3 is 2.47 bits per heavy atom. The Morgan fingerprint density at radius 2 is 1.81 bits per heavy atom. The van der Waals surface area contributed by atoms with Crippen LogP contribution in [-0.2, 0) is 10.0 Å². The Morgan fingerprint density at radius 1 is 1.12 bits per heavy atom. The van der Waals surface area contributed by atoms with Gasteiger partial charge in [0.15, 0.2) is 0 Å². The molecule has 2 heterocycles. The number of anilines is 1. The highest BCUT2D eigenvalue weighted by molar-refractivity contribution is 8.24. The molecule has 1 aromatic heterocycles. The van der Waals surface area contributed by atoms with Crippen LogP contribution in [0.1, 0.15) is 40.2 Å². The Kier molecular flexibility index (Phi) is 8.68. The molecule has 0 spiro atoms. The smallest absolute Gasteiger partial charge is 0.255 e. The van der Waals surface area contributed by atoms with E-state index in [2.05, 4.69) is 5.32 Å². The van der Waals surface area contributed by atoms with Crippen LogP contribution in [0.25, 0.3) is 28.4 Å². The first-order chi connectivity index (χ1) is 20.4. The van der Waals surface area contributed by atoms with Crippen LogP contribution in [0, 0.1) is 5.82 Å². The highest BCUT2D eigenvalue weighted by Crippen LogP contribution is 2.48. The molecule has 12 heteroatoms. The molecule has 3 aromatic carbocycles. The van der Waals surface area contributed by atoms with Crippen LogP contribution in [0.15, 0.2) is 76.6 Å². The lowest BCUT2D eigenvalue weighted by molar-refractivity contribution is 0.0964. The summed E-state index contributed by atoms with van der Waals surface area (Å²) < 4.78 is 70.5. The van der Waals surface area contributed by atoms with Crippen molar-refractivity contribution in [3.05, 3.63) is 94.6 Å². The topological polar surface area (TPSA) is 123 Å². The predicted octanol–water partition coefficient (Wildman–Crippen LogP) is 6.51. The summed E-state index contributed by atoms with van der Waals surface area (Å²) in [7, 11) is -3.93. The molecule has 1 saturated heterocycles. The third-order valence-corrected chi connectivity index (χ3v) is 10.4. The molecule has 0 unspecified atom stereocenters. The predicted molar refractivity (Wildman–Crippen MR) is 170 cm³/mol. The van der Waals surface area contributed by atoms with E-state index in [1.165, 1.54) is 51.6 Å². The molecular weight excluding hydrogens is 593 g/mol. The fraction of sp³-hybridized carbons (Fsp3) is 0.258. The summed E-state index contributed by atoms with van der Waals surface area (Å²) in [5, 5.41) is 4.32. The number of rotatable bonds is 8. The number of carbonyl (C=O) groups excluding carboxylic acids is 1. The number of carbonyl (C=O) groups is 1. The Hall–Kier alpha value is -3.68. The van der Waals surface area contributed by atoms with Gasteiger partial charge in [0.2, 0.25) is 10.0 Å². The molecule has 1 aliphatic heterocycles. The first-order valence-corrected chi connectivity index (χ1v) is 17.1. The van der Waals surface area contributed by atoms with Crippen LogP contribution >= 0.6 is 10.8 Å². The highest BCUT2D eigenvalue weighted by atomic mass is 32.3. The normalized spacial score (nSPS) is 16.9. The lowest BCUT2D eigenvalue weighted by Crippen LogP contribution is -2.38. The molecule has 0 bridgehead atoms. The number of furan rings is 1. The molecule has 1 aliphatic rings. The number of nitrogens with zero attached hydrogens (tertiary/aromatic N) is 2. The summed E-state index contributed by atoms with van der Waals surface area (Å²) in [6.45, 7) is 0.507. The number of sulfonamides is 1. The largest absolute Gasteiger partial charge is 0.455 e. The van der Waals surface area contributed by atoms with E-state index in [4.69, 9.17) is 4.42 Å². The number of hydrogen-bond acceptors (Lipinski definition) is 7. The Labute approximate surface area is 252 Å². The molecular formula is C31H34FN3O6S2. The Balaban J connectivity index is 1.62. The summed E-state index contributed by atoms with van der Waals surface area (Å²) in [6.07, 6.45) is 4.09. The zero-order chi connectivity index (χ0) is 30.9. The van der Waals surface area contributed by atoms with Crippen molar-refractivity contribution in [3.8, 4) is 11.3 Å². The second-order valence-corrected chi connectivity index (χ2v) is 14.5. The van der Waals surface area contributed by atoms with Gasteiger partial charge in [-0.2, -0.15) is 4.31 Å². The van der Waals surface area contributed by atoms with E-state index in [1.54, 1.807) is 25.3 Å². The minimum atomic E-state index is -3.76. The lowest BCUT2D eigenvalue weighted by Gasteiger charge is -2.41. The summed E-state index contributed by atoms with van der Waals surface area (Å²) in [6, 6.07) is 18.2. The van der Waals surface area contributed by atoms with Gasteiger partial charge in [-0.05, 0) is 66.3 Å². The molecule has 0 radical (unpaired) electrons. The second-order valence-electron chi connectivity index (χ2n) is 10.5. The molecule has 1 atom stereocenters. The maximum Gasteiger partial charge on any atom is 0.255 e. The highest BCUT2D eigenvalue weighted by Gasteiger charge is 2.33. The van der Waals surface area contributed by atoms with Crippen molar-refractivity contribution in [2.24, 2.45) is 0 Å². The summed E-state index contributed by atoms with van der Waals surface area (Å²) in [5.74, 6) is -0.930. The van der Waals surface area contributed by atoms with Crippen LogP contribution in [0.2, 0.25) is 0 Å². The molecule has 9 nitrogen and oxygen atoms in total. The quantitative estimate of drug-likeness (QED) is 0.204. The number of nitrogens with one attached hydrogen (secondary N) is 1. The fourth-order valence-electron chi connectivity index (χ4n) is 5.33. The van der Waals surface area contributed by atoms with E-state index in [1.807, 2.05) is 30.3 Å². The van der Waals surface area contributed by atoms with Gasteiger partial charge in [0, 0.05) is 55.9 Å². The van der Waals surface area contributed by atoms with Crippen LogP contribution in [-0.4, -0.2) is 61.2 Å². The molecule has 1 fully saturated rings. The van der Waals surface area contributed by atoms with Crippen molar-refractivity contribution >= 4 is 49.4 Å². The standard InChI is InChI=1S/C31H34FN3O6S2/c1-33-31(36)29-26-18-25(23-10-7-16-35(20-23)43(39,40)17-15-21-8-5-4-6-9-21)27(34(2)42(3,37)38)19-28(26)41-30(29)22-11-13-24(32)14-12-22/h4-6,8-9,11-15,17-19,23,37-38H,7,10,16,20H2,1-3H3,(H,33,36)/b17-15+/t23-/m0/s1. The van der Waals surface area contributed by atoms with Crippen molar-refractivity contribution in [2.75, 3.05) is 37.7 Å². The van der Waals surface area contributed by atoms with E-state index in [0.717, 1.165) is 5.56 Å². The molecule has 0 saturated carbocycles. The first kappa shape index (κ1) is 30.8. The van der Waals surface area contributed by atoms with E-state index in [-0.39, 0.29) is 23.8 Å². The van der Waals surface area contributed by atoms with E-state index < -0.39 is 32.5 Å². The summed E-state index contributed by atoms with van der Waals surface area (Å²) in [4.78, 5) is 13.2. The zero-order valence-corrected chi connectivity index (χ0v) is 25.7. The molecule has 228 valence electrons. The number of halogens is 1. The van der Waals surface area contributed by atoms with Crippen molar-refractivity contribution in [3.63, 3.8) is 0 Å². The van der Waals surface area contributed by atoms with Gasteiger partial charge < -0.3 is 9.73 Å². The molecule has 5 rings (SSSR count). The maximum absolute atomic E-state index is 13.7. The van der Waals surface area contributed by atoms with Gasteiger partial charge in [0.25, 0.3) is 5.91 Å². The van der Waals surface area contributed by atoms with Gasteiger partial charge in [0.1, 0.15) is 17.2 Å². The molecule has 0 aliphatic carbocycles. The van der Waals surface area contributed by atoms with Crippen LogP contribution in [0.4, 0.5) is 10.1 Å². The van der Waals surface area contributed by atoms with Gasteiger partial charge in [-0.25, -0.2) is 12.8 Å². The first-order valence-electron chi connectivity index (χ1n) is 13.7. The van der Waals surface area contributed by atoms with Crippen molar-refractivity contribution in [1.29, 1.82) is 0 Å². The third-order valence-electron chi connectivity index (χ3n) is 7.67. The second kappa shape index (κ2) is 12.1. The lowest BCUT2D eigenvalue weighted by atomic mass is 9.89. The van der Waals surface area contributed by atoms with Gasteiger partial charge in [-0.15, -0.1) is 10.8 Å². The zero-order valence-electron chi connectivity index (χ0n) is 24.0. The van der Waals surface area contributed by atoms with Gasteiger partial charge in [-0.3, -0.25) is 18.2 Å². The number of fused-ring (bicyclic) bond motifs is 1. The third kappa shape index (κ3) is 6.48. The maximum atomic E-state index is 13.7. The number of piperidine rings is 1. The number of hydrogen-bond donors (Lipinski definition) is 3. The fourth-order valence-corrected chi connectivity index (χ4v) is 7.14. The van der Waals surface area contributed by atoms with E-state index in [0.29, 0.717) is 47.2 Å². The van der Waals surface area contributed by atoms with Gasteiger partial charge in [0.05, 0.1) is 11.3 Å². The van der Waals surface area contributed by atoms with Crippen LogP contribution in [0.3, 0.4) is 0 Å². The van der Waals surface area contributed by atoms with Crippen molar-refractivity contribution in [2.45, 2.75) is 18.8 Å². The van der Waals surface area contributed by atoms with E-state index >= 15 is 0 Å². The van der Waals surface area contributed by atoms with Crippen molar-refractivity contribution < 1.29 is 31.1 Å².